The third kappa shape index (κ3) is 6.66. The molecule has 1 aromatic rings. The molecule has 3 aliphatic carbocycles. The second-order valence-electron chi connectivity index (χ2n) is 13.1. The molecule has 4 fully saturated rings. The molecular weight excluding hydrogens is 543 g/mol. The molecule has 6 unspecified atom stereocenters. The fourth-order valence-corrected chi connectivity index (χ4v) is 7.25. The molecule has 4 aliphatic rings. The predicted molar refractivity (Wildman–Crippen MR) is 145 cm³/mol. The zero-order valence-electron chi connectivity index (χ0n) is 24.1. The number of halogens is 5. The number of alkyl halides is 5. The Kier molecular flexibility index (Phi) is 8.58. The van der Waals surface area contributed by atoms with Gasteiger partial charge in [0.25, 0.3) is 0 Å². The predicted octanol–water partition coefficient (Wildman–Crippen LogP) is 5.54. The number of likely N-dealkylation sites (N-methyl/N-ethyl adjacent to an activating group) is 1. The van der Waals surface area contributed by atoms with Crippen molar-refractivity contribution in [3.05, 3.63) is 17.5 Å². The van der Waals surface area contributed by atoms with Crippen LogP contribution in [0.25, 0.3) is 0 Å². The number of aromatic nitrogens is 2. The fraction of sp³-hybridized carbons (Fsp3) is 0.828. The van der Waals surface area contributed by atoms with E-state index in [1.54, 1.807) is 13.8 Å². The van der Waals surface area contributed by atoms with Crippen LogP contribution in [0.1, 0.15) is 88.4 Å². The molecular formula is C29H43F5N6O. The molecule has 1 amide bonds. The van der Waals surface area contributed by atoms with Gasteiger partial charge in [0.05, 0.1) is 0 Å². The Balaban J connectivity index is 1.38. The molecule has 12 heteroatoms. The summed E-state index contributed by atoms with van der Waals surface area (Å²) >= 11 is 0. The Hall–Kier alpha value is -2.40. The molecule has 0 bridgehead atoms. The Morgan fingerprint density at radius 1 is 1.05 bits per heavy atom. The van der Waals surface area contributed by atoms with Crippen LogP contribution in [0.5, 0.6) is 0 Å². The minimum absolute atomic E-state index is 0.0867. The summed E-state index contributed by atoms with van der Waals surface area (Å²) in [6, 6.07) is -0.483. The van der Waals surface area contributed by atoms with E-state index in [9.17, 15) is 26.7 Å². The van der Waals surface area contributed by atoms with Gasteiger partial charge in [-0.25, -0.2) is 8.78 Å². The molecule has 7 atom stereocenters. The van der Waals surface area contributed by atoms with Gasteiger partial charge in [0.15, 0.2) is 11.7 Å². The molecule has 0 spiro atoms. The van der Waals surface area contributed by atoms with Crippen molar-refractivity contribution in [1.29, 1.82) is 5.41 Å². The van der Waals surface area contributed by atoms with Crippen molar-refractivity contribution >= 4 is 11.9 Å². The molecule has 1 aliphatic heterocycles. The van der Waals surface area contributed by atoms with Gasteiger partial charge in [-0.2, -0.15) is 18.3 Å². The average Bonchev–Trinajstić information content (AvgIpc) is 3.56. The first kappa shape index (κ1) is 30.1. The van der Waals surface area contributed by atoms with Gasteiger partial charge < -0.3 is 15.1 Å². The highest BCUT2D eigenvalue weighted by Gasteiger charge is 2.46. The Morgan fingerprint density at radius 3 is 2.34 bits per heavy atom. The molecule has 7 nitrogen and oxygen atoms in total. The van der Waals surface area contributed by atoms with Crippen LogP contribution in [0.15, 0.2) is 6.20 Å². The quantitative estimate of drug-likeness (QED) is 0.393. The molecule has 2 heterocycles. The van der Waals surface area contributed by atoms with E-state index in [0.29, 0.717) is 44.9 Å². The monoisotopic (exact) mass is 586 g/mol. The normalized spacial score (nSPS) is 32.1. The number of hydrogen-bond donors (Lipinski definition) is 2. The lowest BCUT2D eigenvalue weighted by Gasteiger charge is -2.38. The van der Waals surface area contributed by atoms with E-state index in [1.807, 2.05) is 16.8 Å². The number of carbonyl (C=O) groups excluding carboxylic acids is 1. The van der Waals surface area contributed by atoms with E-state index in [0.717, 1.165) is 12.8 Å². The van der Waals surface area contributed by atoms with E-state index < -0.39 is 36.0 Å². The van der Waals surface area contributed by atoms with Crippen molar-refractivity contribution in [3.63, 3.8) is 0 Å². The van der Waals surface area contributed by atoms with E-state index in [4.69, 9.17) is 5.41 Å². The summed E-state index contributed by atoms with van der Waals surface area (Å²) in [5, 5.41) is 15.5. The second-order valence-corrected chi connectivity index (χ2v) is 13.1. The maximum Gasteiger partial charge on any atom is 0.435 e. The van der Waals surface area contributed by atoms with Crippen LogP contribution >= 0.6 is 0 Å². The summed E-state index contributed by atoms with van der Waals surface area (Å²) in [5.41, 5.74) is -0.764. The third-order valence-corrected chi connectivity index (χ3v) is 9.70. The molecule has 41 heavy (non-hydrogen) atoms. The minimum Gasteiger partial charge on any atom is -0.353 e. The highest BCUT2D eigenvalue weighted by atomic mass is 19.4. The molecule has 230 valence electrons. The van der Waals surface area contributed by atoms with Crippen molar-refractivity contribution in [2.45, 2.75) is 102 Å². The SMILES string of the molecule is CC(C)n1cc(C2CC(CN3CCN(C)C3=N)CC(C(=O)N[C@@H](C3CC3)C3CCC(F)C(F)C3)C2)c(C(F)(F)F)n1. The van der Waals surface area contributed by atoms with Crippen LogP contribution in [0, 0.1) is 29.1 Å². The summed E-state index contributed by atoms with van der Waals surface area (Å²) in [6.07, 6.45) is -2.23. The van der Waals surface area contributed by atoms with Crippen LogP contribution in [0.3, 0.4) is 0 Å². The fourth-order valence-electron chi connectivity index (χ4n) is 7.25. The standard InChI is InChI=1S/C29H43F5N6O/c1-16(2)40-15-22(26(37-40)29(32,33)34)20-10-17(14-39-9-8-38(3)28(39)35)11-21(12-20)27(41)36-25(18-4-5-18)19-6-7-23(30)24(31)13-19/h15-21,23-25,35H,4-14H2,1-3H3,(H,36,41)/t17?,19?,20?,21?,23?,24?,25-/m0/s1. The van der Waals surface area contributed by atoms with Crippen LogP contribution in [0.4, 0.5) is 22.0 Å². The van der Waals surface area contributed by atoms with Crippen LogP contribution in [-0.2, 0) is 11.0 Å². The maximum atomic E-state index is 14.3. The van der Waals surface area contributed by atoms with Gasteiger partial charge in [0.2, 0.25) is 5.91 Å². The molecule has 2 N–H and O–H groups in total. The van der Waals surface area contributed by atoms with E-state index in [1.165, 1.54) is 10.9 Å². The minimum atomic E-state index is -4.62. The Morgan fingerprint density at radius 2 is 1.76 bits per heavy atom. The van der Waals surface area contributed by atoms with Crippen LogP contribution < -0.4 is 5.32 Å². The van der Waals surface area contributed by atoms with Gasteiger partial charge in [-0.05, 0) is 88.9 Å². The van der Waals surface area contributed by atoms with Crippen molar-refractivity contribution in [1.82, 2.24) is 24.9 Å². The lowest BCUT2D eigenvalue weighted by molar-refractivity contribution is -0.142. The summed E-state index contributed by atoms with van der Waals surface area (Å²) in [7, 11) is 1.84. The second kappa shape index (κ2) is 11.7. The van der Waals surface area contributed by atoms with Crippen LogP contribution in [0.2, 0.25) is 0 Å². The summed E-state index contributed by atoms with van der Waals surface area (Å²) in [5.74, 6) is -0.829. The zero-order valence-corrected chi connectivity index (χ0v) is 24.1. The smallest absolute Gasteiger partial charge is 0.353 e. The number of nitrogens with one attached hydrogen (secondary N) is 2. The molecule has 5 rings (SSSR count). The van der Waals surface area contributed by atoms with Crippen LogP contribution in [-0.4, -0.2) is 76.5 Å². The lowest BCUT2D eigenvalue weighted by Crippen LogP contribution is -2.48. The largest absolute Gasteiger partial charge is 0.435 e. The van der Waals surface area contributed by atoms with Gasteiger partial charge in [-0.15, -0.1) is 0 Å². The third-order valence-electron chi connectivity index (χ3n) is 9.70. The number of amides is 1. The molecule has 3 saturated carbocycles. The lowest BCUT2D eigenvalue weighted by atomic mass is 9.71. The molecule has 1 aromatic heterocycles. The summed E-state index contributed by atoms with van der Waals surface area (Å²) in [6.45, 7) is 5.43. The van der Waals surface area contributed by atoms with Crippen molar-refractivity contribution in [3.8, 4) is 0 Å². The van der Waals surface area contributed by atoms with Gasteiger partial charge in [-0.3, -0.25) is 14.9 Å². The van der Waals surface area contributed by atoms with Gasteiger partial charge in [-0.1, -0.05) is 0 Å². The average molecular weight is 587 g/mol. The number of nitrogens with zero attached hydrogens (tertiary/aromatic N) is 4. The first-order chi connectivity index (χ1) is 19.3. The number of carbonyl (C=O) groups is 1. The number of guanidine groups is 1. The molecule has 0 aromatic carbocycles. The number of rotatable bonds is 8. The van der Waals surface area contributed by atoms with Gasteiger partial charge in [0.1, 0.15) is 12.3 Å². The van der Waals surface area contributed by atoms with Crippen molar-refractivity contribution < 1.29 is 26.7 Å². The number of hydrogen-bond acceptors (Lipinski definition) is 3. The van der Waals surface area contributed by atoms with Crippen molar-refractivity contribution in [2.24, 2.45) is 23.7 Å². The van der Waals surface area contributed by atoms with E-state index in [-0.39, 0.29) is 60.6 Å². The zero-order chi connectivity index (χ0) is 29.6. The summed E-state index contributed by atoms with van der Waals surface area (Å²) < 4.78 is 71.9. The van der Waals surface area contributed by atoms with E-state index in [2.05, 4.69) is 10.4 Å². The maximum absolute atomic E-state index is 14.3. The molecule has 0 radical (unpaired) electrons. The Labute approximate surface area is 238 Å². The molecule has 1 saturated heterocycles. The highest BCUT2D eigenvalue weighted by molar-refractivity contribution is 5.80. The van der Waals surface area contributed by atoms with Gasteiger partial charge >= 0.3 is 6.18 Å². The Bertz CT molecular complexity index is 1100. The first-order valence-electron chi connectivity index (χ1n) is 15.1. The van der Waals surface area contributed by atoms with Crippen molar-refractivity contribution in [2.75, 3.05) is 26.7 Å². The van der Waals surface area contributed by atoms with E-state index >= 15 is 0 Å². The topological polar surface area (TPSA) is 77.2 Å². The summed E-state index contributed by atoms with van der Waals surface area (Å²) in [4.78, 5) is 17.6. The van der Waals surface area contributed by atoms with Gasteiger partial charge in [0, 0.05) is 56.4 Å². The first-order valence-corrected chi connectivity index (χ1v) is 15.1. The highest BCUT2D eigenvalue weighted by Crippen LogP contribution is 2.46.